The summed E-state index contributed by atoms with van der Waals surface area (Å²) in [5.41, 5.74) is 0. The fourth-order valence-corrected chi connectivity index (χ4v) is 11.2. The van der Waals surface area contributed by atoms with E-state index in [1.807, 2.05) is 33.3 Å². The lowest BCUT2D eigenvalue weighted by Crippen LogP contribution is -2.47. The zero-order chi connectivity index (χ0) is 60.7. The molecular formula is C73H137N2O7P. The summed E-state index contributed by atoms with van der Waals surface area (Å²) >= 11 is 0. The van der Waals surface area contributed by atoms with Gasteiger partial charge < -0.3 is 28.5 Å². The van der Waals surface area contributed by atoms with Gasteiger partial charge in [-0.15, -0.1) is 0 Å². The van der Waals surface area contributed by atoms with Crippen LogP contribution in [0.4, 0.5) is 0 Å². The maximum atomic E-state index is 13.6. The second-order valence-corrected chi connectivity index (χ2v) is 26.8. The first-order valence-electron chi connectivity index (χ1n) is 35.6. The number of amides is 1. The van der Waals surface area contributed by atoms with Gasteiger partial charge in [0, 0.05) is 12.8 Å². The van der Waals surface area contributed by atoms with Gasteiger partial charge in [0.25, 0.3) is 7.82 Å². The number of allylic oxidation sites excluding steroid dienone is 9. The van der Waals surface area contributed by atoms with E-state index in [2.05, 4.69) is 74.7 Å². The van der Waals surface area contributed by atoms with Gasteiger partial charge in [-0.25, -0.2) is 0 Å². The van der Waals surface area contributed by atoms with Crippen LogP contribution in [0, 0.1) is 0 Å². The van der Waals surface area contributed by atoms with Crippen LogP contribution in [-0.2, 0) is 27.9 Å². The average molecular weight is 1190 g/mol. The zero-order valence-corrected chi connectivity index (χ0v) is 56.6. The van der Waals surface area contributed by atoms with Gasteiger partial charge in [-0.05, 0) is 76.7 Å². The van der Waals surface area contributed by atoms with Crippen molar-refractivity contribution in [1.82, 2.24) is 5.32 Å². The number of nitrogens with one attached hydrogen (secondary N) is 1. The number of hydrogen-bond acceptors (Lipinski definition) is 7. The Kier molecular flexibility index (Phi) is 61.0. The van der Waals surface area contributed by atoms with E-state index in [1.54, 1.807) is 0 Å². The molecule has 0 spiro atoms. The molecule has 0 heterocycles. The minimum Gasteiger partial charge on any atom is -0.756 e. The molecule has 0 aromatic carbocycles. The molecule has 0 rings (SSSR count). The van der Waals surface area contributed by atoms with Gasteiger partial charge in [-0.1, -0.05) is 313 Å². The number of unbranched alkanes of at least 4 members (excludes halogenated alkanes) is 41. The maximum Gasteiger partial charge on any atom is 0.306 e. The van der Waals surface area contributed by atoms with Gasteiger partial charge in [0.1, 0.15) is 19.3 Å². The number of hydrogen-bond donors (Lipinski definition) is 1. The van der Waals surface area contributed by atoms with E-state index in [9.17, 15) is 19.0 Å². The van der Waals surface area contributed by atoms with Gasteiger partial charge in [0.2, 0.25) is 5.91 Å². The highest BCUT2D eigenvalue weighted by molar-refractivity contribution is 7.45. The number of phosphoric acid groups is 1. The third-order valence-corrected chi connectivity index (χ3v) is 16.9. The van der Waals surface area contributed by atoms with Gasteiger partial charge in [0.05, 0.1) is 33.8 Å². The Balaban J connectivity index is 5.00. The topological polar surface area (TPSA) is 114 Å². The number of quaternary nitrogens is 1. The second kappa shape index (κ2) is 62.8. The summed E-state index contributed by atoms with van der Waals surface area (Å²) in [5.74, 6) is -0.531. The number of likely N-dealkylation sites (N-methyl/N-ethyl adjacent to an activating group) is 1. The molecule has 10 heteroatoms. The zero-order valence-electron chi connectivity index (χ0n) is 55.7. The van der Waals surface area contributed by atoms with E-state index in [-0.39, 0.29) is 31.5 Å². The Hall–Kier alpha value is -2.29. The molecule has 0 fully saturated rings. The van der Waals surface area contributed by atoms with Crippen molar-refractivity contribution in [3.05, 3.63) is 60.8 Å². The second-order valence-electron chi connectivity index (χ2n) is 25.4. The van der Waals surface area contributed by atoms with Crippen LogP contribution in [0.1, 0.15) is 342 Å². The van der Waals surface area contributed by atoms with Crippen LogP contribution in [0.3, 0.4) is 0 Å². The van der Waals surface area contributed by atoms with E-state index < -0.39 is 20.0 Å². The smallest absolute Gasteiger partial charge is 0.306 e. The normalized spacial score (nSPS) is 13.9. The molecule has 0 radical (unpaired) electrons. The molecule has 3 atom stereocenters. The Morgan fingerprint density at radius 3 is 1.12 bits per heavy atom. The summed E-state index contributed by atoms with van der Waals surface area (Å²) in [6.07, 6.45) is 80.6. The molecule has 0 aliphatic heterocycles. The molecule has 0 aromatic heterocycles. The van der Waals surface area contributed by atoms with E-state index in [1.165, 1.54) is 225 Å². The van der Waals surface area contributed by atoms with Crippen molar-refractivity contribution in [3.63, 3.8) is 0 Å². The predicted octanol–water partition coefficient (Wildman–Crippen LogP) is 21.9. The van der Waals surface area contributed by atoms with Crippen molar-refractivity contribution in [2.75, 3.05) is 40.9 Å². The molecule has 486 valence electrons. The van der Waals surface area contributed by atoms with Crippen LogP contribution in [0.2, 0.25) is 0 Å². The average Bonchev–Trinajstić information content (AvgIpc) is 3.51. The summed E-state index contributed by atoms with van der Waals surface area (Å²) in [6.45, 7) is 6.85. The highest BCUT2D eigenvalue weighted by atomic mass is 31.2. The summed E-state index contributed by atoms with van der Waals surface area (Å²) in [6, 6.07) is -0.889. The standard InChI is InChI=1S/C73H137N2O7P/c1-7-10-13-16-19-22-25-27-29-31-33-34-35-36-37-38-39-40-42-43-45-47-50-53-56-59-62-65-72(76)74-70(69-81-83(78,79)80-68-67-75(4,5)6)71(64-61-58-55-52-49-24-21-18-15-12-9-3)82-73(77)66-63-60-57-54-51-48-46-44-41-32-30-28-26-23-20-17-14-11-8-2/h19,22,27,29,33-34,36-37,61,64,70-71H,7-18,20-21,23-26,28,30-32,35,38-60,62-63,65-69H2,1-6H3,(H-,74,76,78,79)/b22-19-,29-27-,34-33-,37-36-,64-61-. The SMILES string of the molecule is CCCCC/C=C\C/C=C\C/C=C\C/C=C\CCCCCCCCCCCCCC(=O)NC(COP(=O)([O-])OCC[N+](C)(C)C)C(/C=C\CCCCCCCCCCC)OC(=O)CCCCCCCCCCCCCCCCCCCCC. The van der Waals surface area contributed by atoms with Gasteiger partial charge in [0.15, 0.2) is 0 Å². The summed E-state index contributed by atoms with van der Waals surface area (Å²) in [7, 11) is 1.19. The lowest BCUT2D eigenvalue weighted by Gasteiger charge is -2.30. The van der Waals surface area contributed by atoms with Gasteiger partial charge >= 0.3 is 5.97 Å². The largest absolute Gasteiger partial charge is 0.756 e. The number of carbonyl (C=O) groups excluding carboxylic acids is 2. The molecule has 3 unspecified atom stereocenters. The third kappa shape index (κ3) is 64.0. The van der Waals surface area contributed by atoms with E-state index in [4.69, 9.17) is 13.8 Å². The first-order valence-corrected chi connectivity index (χ1v) is 37.1. The monoisotopic (exact) mass is 1190 g/mol. The van der Waals surface area contributed by atoms with E-state index in [0.29, 0.717) is 17.4 Å². The quantitative estimate of drug-likeness (QED) is 0.0212. The van der Waals surface area contributed by atoms with Crippen molar-refractivity contribution in [2.24, 2.45) is 0 Å². The van der Waals surface area contributed by atoms with Crippen LogP contribution in [0.25, 0.3) is 0 Å². The van der Waals surface area contributed by atoms with Crippen LogP contribution in [-0.4, -0.2) is 69.4 Å². The third-order valence-electron chi connectivity index (χ3n) is 16.0. The predicted molar refractivity (Wildman–Crippen MR) is 358 cm³/mol. The maximum absolute atomic E-state index is 13.6. The molecule has 0 saturated heterocycles. The van der Waals surface area contributed by atoms with Crippen LogP contribution >= 0.6 is 7.82 Å². The first-order chi connectivity index (χ1) is 40.4. The number of carbonyl (C=O) groups is 2. The molecule has 0 aliphatic rings. The molecular weight excluding hydrogens is 1050 g/mol. The molecule has 0 saturated carbocycles. The fraction of sp³-hybridized carbons (Fsp3) is 0.836. The molecule has 0 bridgehead atoms. The number of esters is 1. The molecule has 1 amide bonds. The summed E-state index contributed by atoms with van der Waals surface area (Å²) in [5, 5.41) is 3.04. The number of nitrogens with zero attached hydrogens (tertiary/aromatic N) is 1. The Morgan fingerprint density at radius 2 is 0.735 bits per heavy atom. The minimum absolute atomic E-state index is 0.0222. The number of rotatable bonds is 65. The molecule has 1 N–H and O–H groups in total. The molecule has 0 aromatic rings. The van der Waals surface area contributed by atoms with Crippen molar-refractivity contribution >= 4 is 19.7 Å². The number of phosphoric ester groups is 1. The molecule has 0 aliphatic carbocycles. The highest BCUT2D eigenvalue weighted by Crippen LogP contribution is 2.38. The van der Waals surface area contributed by atoms with E-state index >= 15 is 0 Å². The Labute approximate surface area is 515 Å². The molecule has 83 heavy (non-hydrogen) atoms. The number of ether oxygens (including phenoxy) is 1. The highest BCUT2D eigenvalue weighted by Gasteiger charge is 2.27. The van der Waals surface area contributed by atoms with Crippen molar-refractivity contribution in [3.8, 4) is 0 Å². The van der Waals surface area contributed by atoms with E-state index in [0.717, 1.165) is 83.5 Å². The van der Waals surface area contributed by atoms with Crippen LogP contribution in [0.5, 0.6) is 0 Å². The Bertz CT molecular complexity index is 1600. The van der Waals surface area contributed by atoms with Gasteiger partial charge in [-0.3, -0.25) is 14.2 Å². The summed E-state index contributed by atoms with van der Waals surface area (Å²) < 4.78 is 30.4. The van der Waals surface area contributed by atoms with Crippen molar-refractivity contribution in [2.45, 2.75) is 354 Å². The van der Waals surface area contributed by atoms with Crippen molar-refractivity contribution in [1.29, 1.82) is 0 Å². The van der Waals surface area contributed by atoms with Gasteiger partial charge in [-0.2, -0.15) is 0 Å². The Morgan fingerprint density at radius 1 is 0.422 bits per heavy atom. The molecule has 9 nitrogen and oxygen atoms in total. The lowest BCUT2D eigenvalue weighted by atomic mass is 10.0. The van der Waals surface area contributed by atoms with Crippen LogP contribution < -0.4 is 10.2 Å². The first kappa shape index (κ1) is 80.7. The van der Waals surface area contributed by atoms with Crippen LogP contribution in [0.15, 0.2) is 60.8 Å². The summed E-state index contributed by atoms with van der Waals surface area (Å²) in [4.78, 5) is 40.1. The van der Waals surface area contributed by atoms with Crippen molar-refractivity contribution < 1.29 is 37.3 Å². The fourth-order valence-electron chi connectivity index (χ4n) is 10.4. The lowest BCUT2D eigenvalue weighted by molar-refractivity contribution is -0.870. The minimum atomic E-state index is -4.70.